The smallest absolute Gasteiger partial charge is 0.243 e. The Morgan fingerprint density at radius 1 is 0.853 bits per heavy atom. The predicted octanol–water partition coefficient (Wildman–Crippen LogP) is 3.27. The number of epoxide rings is 1. The Hall–Kier alpha value is -1.96. The van der Waals surface area contributed by atoms with Gasteiger partial charge in [-0.2, -0.15) is 0 Å². The monoisotopic (exact) mass is 481 g/mol. The Kier molecular flexibility index (Phi) is 12.8. The van der Waals surface area contributed by atoms with Gasteiger partial charge >= 0.3 is 0 Å². The van der Waals surface area contributed by atoms with Gasteiger partial charge in [-0.1, -0.05) is 67.2 Å². The predicted molar refractivity (Wildman–Crippen MR) is 133 cm³/mol. The van der Waals surface area contributed by atoms with Gasteiger partial charge in [0.25, 0.3) is 0 Å². The minimum absolute atomic E-state index is 0.130. The van der Waals surface area contributed by atoms with Crippen LogP contribution in [-0.2, 0) is 23.9 Å². The number of ether oxygens (including phenoxy) is 1. The summed E-state index contributed by atoms with van der Waals surface area (Å²) in [4.78, 5) is 51.6. The van der Waals surface area contributed by atoms with E-state index < -0.39 is 23.7 Å². The fraction of sp³-hybridized carbons (Fsp3) is 0.846. The minimum atomic E-state index is -0.834. The third-order valence-electron chi connectivity index (χ3n) is 6.19. The van der Waals surface area contributed by atoms with Crippen molar-refractivity contribution in [2.45, 2.75) is 124 Å². The molecule has 0 aromatic heterocycles. The number of hydrogen-bond acceptors (Lipinski definition) is 5. The number of hydrogen-bond donors (Lipinski definition) is 3. The fourth-order valence-electron chi connectivity index (χ4n) is 3.85. The van der Waals surface area contributed by atoms with Crippen LogP contribution < -0.4 is 16.0 Å². The summed E-state index contributed by atoms with van der Waals surface area (Å²) >= 11 is 0. The second kappa shape index (κ2) is 14.4. The van der Waals surface area contributed by atoms with Crippen molar-refractivity contribution in [1.82, 2.24) is 16.0 Å². The van der Waals surface area contributed by atoms with Crippen molar-refractivity contribution in [1.29, 1.82) is 0 Å². The van der Waals surface area contributed by atoms with E-state index in [1.165, 1.54) is 0 Å². The third kappa shape index (κ3) is 10.1. The summed E-state index contributed by atoms with van der Waals surface area (Å²) in [7, 11) is 0. The van der Waals surface area contributed by atoms with E-state index in [-0.39, 0.29) is 35.3 Å². The molecule has 3 N–H and O–H groups in total. The van der Waals surface area contributed by atoms with Crippen molar-refractivity contribution in [3.05, 3.63) is 0 Å². The molecule has 0 bridgehead atoms. The molecule has 0 radical (unpaired) electrons. The molecule has 1 fully saturated rings. The summed E-state index contributed by atoms with van der Waals surface area (Å²) in [5, 5.41) is 8.57. The highest BCUT2D eigenvalue weighted by atomic mass is 16.6. The summed E-state index contributed by atoms with van der Waals surface area (Å²) in [6, 6.07) is -2.17. The van der Waals surface area contributed by atoms with Gasteiger partial charge in [0.05, 0.1) is 12.6 Å². The number of rotatable bonds is 17. The molecular formula is C26H47N3O5. The van der Waals surface area contributed by atoms with E-state index in [1.54, 1.807) is 6.92 Å². The molecule has 1 heterocycles. The van der Waals surface area contributed by atoms with Crippen molar-refractivity contribution in [3.8, 4) is 0 Å². The van der Waals surface area contributed by atoms with Gasteiger partial charge in [0, 0.05) is 6.42 Å². The molecule has 0 aromatic carbocycles. The van der Waals surface area contributed by atoms with Gasteiger partial charge in [-0.3, -0.25) is 19.2 Å². The molecule has 34 heavy (non-hydrogen) atoms. The third-order valence-corrected chi connectivity index (χ3v) is 6.19. The van der Waals surface area contributed by atoms with Gasteiger partial charge in [0.1, 0.15) is 17.7 Å². The number of Topliss-reactive ketones (excluding diaryl/α,β-unsaturated/α-hetero) is 1. The maximum Gasteiger partial charge on any atom is 0.243 e. The Labute approximate surface area is 205 Å². The minimum Gasteiger partial charge on any atom is -0.361 e. The van der Waals surface area contributed by atoms with Crippen molar-refractivity contribution in [3.63, 3.8) is 0 Å². The first-order valence-electron chi connectivity index (χ1n) is 13.0. The quantitative estimate of drug-likeness (QED) is 0.218. The second-order valence-corrected chi connectivity index (χ2v) is 10.5. The van der Waals surface area contributed by atoms with Crippen LogP contribution in [0.15, 0.2) is 0 Å². The summed E-state index contributed by atoms with van der Waals surface area (Å²) in [6.45, 7) is 13.9. The second-order valence-electron chi connectivity index (χ2n) is 10.5. The normalized spacial score (nSPS) is 19.9. The topological polar surface area (TPSA) is 117 Å². The molecule has 1 rings (SSSR count). The van der Waals surface area contributed by atoms with Crippen molar-refractivity contribution in [2.75, 3.05) is 6.61 Å². The number of unbranched alkanes of at least 4 members (excludes halogenated alkanes) is 3. The standard InChI is InChI=1S/C26H47N3O5/c1-8-10-12-14-21(30)29-22(18(5)6)25(33)27-19(13-11-9-2)24(32)28-20(15-17(3)4)23(31)26(7)16-34-26/h17-20,22H,8-16H2,1-7H3,(H,27,33)(H,28,32)(H,29,30)/t19-,20-,22+,26+/m0/s1. The first-order valence-corrected chi connectivity index (χ1v) is 13.0. The van der Waals surface area contributed by atoms with E-state index >= 15 is 0 Å². The van der Waals surface area contributed by atoms with Crippen LogP contribution in [0.1, 0.15) is 99.8 Å². The van der Waals surface area contributed by atoms with Gasteiger partial charge in [-0.25, -0.2) is 0 Å². The summed E-state index contributed by atoms with van der Waals surface area (Å²) in [6.07, 6.45) is 5.71. The van der Waals surface area contributed by atoms with Gasteiger partial charge in [-0.05, 0) is 38.0 Å². The molecule has 3 amide bonds. The van der Waals surface area contributed by atoms with Crippen LogP contribution in [0.3, 0.4) is 0 Å². The average Bonchev–Trinajstić information content (AvgIpc) is 3.51. The first kappa shape index (κ1) is 30.1. The maximum atomic E-state index is 13.2. The molecule has 0 aromatic rings. The average molecular weight is 482 g/mol. The Balaban J connectivity index is 2.89. The molecule has 0 unspecified atom stereocenters. The molecule has 1 saturated heterocycles. The van der Waals surface area contributed by atoms with E-state index in [0.29, 0.717) is 25.9 Å². The van der Waals surface area contributed by atoms with Crippen LogP contribution in [0, 0.1) is 11.8 Å². The lowest BCUT2D eigenvalue weighted by molar-refractivity contribution is -0.135. The largest absolute Gasteiger partial charge is 0.361 e. The lowest BCUT2D eigenvalue weighted by Gasteiger charge is -2.27. The van der Waals surface area contributed by atoms with Gasteiger partial charge in [0.2, 0.25) is 17.7 Å². The fourth-order valence-corrected chi connectivity index (χ4v) is 3.85. The Morgan fingerprint density at radius 2 is 1.44 bits per heavy atom. The number of nitrogens with one attached hydrogen (secondary N) is 3. The van der Waals surface area contributed by atoms with Crippen LogP contribution in [0.2, 0.25) is 0 Å². The zero-order valence-corrected chi connectivity index (χ0v) is 22.3. The summed E-state index contributed by atoms with van der Waals surface area (Å²) in [5.41, 5.74) is -0.834. The van der Waals surface area contributed by atoms with Gasteiger partial charge in [-0.15, -0.1) is 0 Å². The van der Waals surface area contributed by atoms with Gasteiger partial charge in [0.15, 0.2) is 5.78 Å². The Bertz CT molecular complexity index is 688. The molecule has 0 spiro atoms. The number of carbonyl (C=O) groups is 4. The number of amides is 3. The van der Waals surface area contributed by atoms with Crippen LogP contribution in [0.25, 0.3) is 0 Å². The Morgan fingerprint density at radius 3 is 1.94 bits per heavy atom. The highest BCUT2D eigenvalue weighted by Gasteiger charge is 2.50. The van der Waals surface area contributed by atoms with Crippen LogP contribution >= 0.6 is 0 Å². The summed E-state index contributed by atoms with van der Waals surface area (Å²) < 4.78 is 5.31. The van der Waals surface area contributed by atoms with Crippen molar-refractivity contribution < 1.29 is 23.9 Å². The zero-order chi connectivity index (χ0) is 25.9. The molecule has 4 atom stereocenters. The molecule has 1 aliphatic heterocycles. The number of carbonyl (C=O) groups excluding carboxylic acids is 4. The molecule has 0 aliphatic carbocycles. The van der Waals surface area contributed by atoms with Crippen LogP contribution in [-0.4, -0.2) is 53.8 Å². The molecule has 1 aliphatic rings. The lowest BCUT2D eigenvalue weighted by Crippen LogP contribution is -2.57. The SMILES string of the molecule is CCCCCC(=O)N[C@@H](C(=O)N[C@@H](CCCC)C(=O)N[C@@H](CC(C)C)C(=O)[C@@]1(C)CO1)C(C)C. The van der Waals surface area contributed by atoms with Crippen LogP contribution in [0.5, 0.6) is 0 Å². The van der Waals surface area contributed by atoms with Crippen molar-refractivity contribution >= 4 is 23.5 Å². The van der Waals surface area contributed by atoms with Crippen LogP contribution in [0.4, 0.5) is 0 Å². The van der Waals surface area contributed by atoms with E-state index in [2.05, 4.69) is 22.9 Å². The van der Waals surface area contributed by atoms with E-state index in [4.69, 9.17) is 4.74 Å². The molecule has 0 saturated carbocycles. The highest BCUT2D eigenvalue weighted by molar-refractivity contribution is 5.98. The summed E-state index contributed by atoms with van der Waals surface area (Å²) in [5.74, 6) is -0.964. The zero-order valence-electron chi connectivity index (χ0n) is 22.3. The molecular weight excluding hydrogens is 434 g/mol. The van der Waals surface area contributed by atoms with E-state index in [0.717, 1.165) is 32.1 Å². The highest BCUT2D eigenvalue weighted by Crippen LogP contribution is 2.29. The number of ketones is 1. The first-order chi connectivity index (χ1) is 15.9. The lowest BCUT2D eigenvalue weighted by atomic mass is 9.93. The van der Waals surface area contributed by atoms with E-state index in [9.17, 15) is 19.2 Å². The van der Waals surface area contributed by atoms with Crippen molar-refractivity contribution in [2.24, 2.45) is 11.8 Å². The maximum absolute atomic E-state index is 13.2. The molecule has 8 nitrogen and oxygen atoms in total. The molecule has 196 valence electrons. The molecule has 8 heteroatoms. The van der Waals surface area contributed by atoms with Gasteiger partial charge < -0.3 is 20.7 Å². The van der Waals surface area contributed by atoms with E-state index in [1.807, 2.05) is 34.6 Å².